The fraction of sp³-hybridized carbons (Fsp3) is 0.364. The van der Waals surface area contributed by atoms with Crippen LogP contribution in [0, 0.1) is 0 Å². The van der Waals surface area contributed by atoms with E-state index in [4.69, 9.17) is 10.5 Å². The third-order valence-corrected chi connectivity index (χ3v) is 3.61. The first-order valence-electron chi connectivity index (χ1n) is 9.37. The van der Waals surface area contributed by atoms with E-state index in [1.54, 1.807) is 6.07 Å². The molecule has 0 fully saturated rings. The van der Waals surface area contributed by atoms with E-state index in [0.29, 0.717) is 18.1 Å². The minimum atomic E-state index is -0.282. The Kier molecular flexibility index (Phi) is 9.42. The van der Waals surface area contributed by atoms with Crippen molar-refractivity contribution in [2.45, 2.75) is 52.8 Å². The summed E-state index contributed by atoms with van der Waals surface area (Å²) < 4.78 is 5.62. The number of nitrogens with zero attached hydrogens (tertiary/aromatic N) is 1. The van der Waals surface area contributed by atoms with Crippen molar-refractivity contribution in [3.05, 3.63) is 59.7 Å². The highest BCUT2D eigenvalue weighted by Gasteiger charge is 2.15. The van der Waals surface area contributed by atoms with E-state index in [-0.39, 0.29) is 41.5 Å². The molecule has 7 heteroatoms. The Morgan fingerprint density at radius 1 is 1.14 bits per heavy atom. The summed E-state index contributed by atoms with van der Waals surface area (Å²) in [7, 11) is 0. The lowest BCUT2D eigenvalue weighted by Crippen LogP contribution is -2.40. The normalized spacial score (nSPS) is 11.6. The average molecular weight is 510 g/mol. The van der Waals surface area contributed by atoms with Crippen LogP contribution < -0.4 is 21.1 Å². The van der Waals surface area contributed by atoms with Crippen molar-refractivity contribution in [2.24, 2.45) is 10.7 Å². The Balaban J connectivity index is 0.00000420. The lowest BCUT2D eigenvalue weighted by Gasteiger charge is -2.20. The van der Waals surface area contributed by atoms with Crippen molar-refractivity contribution in [1.82, 2.24) is 5.32 Å². The number of hydrogen-bond donors (Lipinski definition) is 3. The van der Waals surface area contributed by atoms with E-state index in [1.807, 2.05) is 77.1 Å². The van der Waals surface area contributed by atoms with Crippen LogP contribution in [0.1, 0.15) is 50.5 Å². The molecule has 0 bridgehead atoms. The first-order valence-corrected chi connectivity index (χ1v) is 9.37. The number of carbonyl (C=O) groups is 1. The lowest BCUT2D eigenvalue weighted by molar-refractivity contribution is 0.0919. The van der Waals surface area contributed by atoms with Crippen LogP contribution in [0.5, 0.6) is 5.75 Å². The number of amides is 1. The average Bonchev–Trinajstić information content (AvgIpc) is 2.60. The molecule has 6 nitrogen and oxygen atoms in total. The monoisotopic (exact) mass is 510 g/mol. The predicted molar refractivity (Wildman–Crippen MR) is 130 cm³/mol. The van der Waals surface area contributed by atoms with Crippen LogP contribution in [-0.4, -0.2) is 23.5 Å². The molecule has 0 aliphatic carbocycles. The lowest BCUT2D eigenvalue weighted by atomic mass is 10.1. The Bertz CT molecular complexity index is 827. The number of hydrogen-bond acceptors (Lipinski definition) is 3. The van der Waals surface area contributed by atoms with Crippen molar-refractivity contribution in [3.63, 3.8) is 0 Å². The number of ether oxygens (including phenoxy) is 1. The van der Waals surface area contributed by atoms with Gasteiger partial charge in [-0.15, -0.1) is 24.0 Å². The highest BCUT2D eigenvalue weighted by Crippen LogP contribution is 2.17. The highest BCUT2D eigenvalue weighted by atomic mass is 127. The highest BCUT2D eigenvalue weighted by molar-refractivity contribution is 14.0. The van der Waals surface area contributed by atoms with Crippen LogP contribution in [0.2, 0.25) is 0 Å². The van der Waals surface area contributed by atoms with Gasteiger partial charge in [0.15, 0.2) is 5.96 Å². The first-order chi connectivity index (χ1) is 13.1. The first kappa shape index (κ1) is 24.7. The summed E-state index contributed by atoms with van der Waals surface area (Å²) in [6.07, 6.45) is 0.131. The summed E-state index contributed by atoms with van der Waals surface area (Å²) in [5.74, 6) is 1.01. The zero-order valence-electron chi connectivity index (χ0n) is 17.7. The molecule has 2 rings (SSSR count). The van der Waals surface area contributed by atoms with Gasteiger partial charge in [0.25, 0.3) is 5.91 Å². The summed E-state index contributed by atoms with van der Waals surface area (Å²) in [6.45, 7) is 10.2. The minimum absolute atomic E-state index is 0. The quantitative estimate of drug-likeness (QED) is 0.302. The van der Waals surface area contributed by atoms with Gasteiger partial charge in [0, 0.05) is 16.8 Å². The molecule has 29 heavy (non-hydrogen) atoms. The molecule has 0 radical (unpaired) electrons. The number of halogens is 1. The van der Waals surface area contributed by atoms with E-state index in [0.717, 1.165) is 17.0 Å². The zero-order valence-corrected chi connectivity index (χ0v) is 20.0. The maximum absolute atomic E-state index is 12.3. The minimum Gasteiger partial charge on any atom is -0.491 e. The van der Waals surface area contributed by atoms with Gasteiger partial charge in [0.2, 0.25) is 0 Å². The molecule has 0 aliphatic heterocycles. The van der Waals surface area contributed by atoms with Crippen molar-refractivity contribution in [1.29, 1.82) is 0 Å². The van der Waals surface area contributed by atoms with Gasteiger partial charge in [-0.05, 0) is 76.6 Å². The van der Waals surface area contributed by atoms with E-state index in [9.17, 15) is 4.79 Å². The summed E-state index contributed by atoms with van der Waals surface area (Å²) in [5, 5.41) is 6.01. The van der Waals surface area contributed by atoms with Gasteiger partial charge in [-0.1, -0.05) is 12.1 Å². The third-order valence-electron chi connectivity index (χ3n) is 3.61. The maximum Gasteiger partial charge on any atom is 0.251 e. The van der Waals surface area contributed by atoms with Crippen LogP contribution in [0.4, 0.5) is 5.69 Å². The Labute approximate surface area is 190 Å². The van der Waals surface area contributed by atoms with Crippen LogP contribution in [0.15, 0.2) is 53.5 Å². The molecule has 0 heterocycles. The van der Waals surface area contributed by atoms with Crippen molar-refractivity contribution in [2.75, 3.05) is 5.32 Å². The number of aliphatic imine (C=N–C) groups is 1. The topological polar surface area (TPSA) is 88.7 Å². The second-order valence-electron chi connectivity index (χ2n) is 7.92. The fourth-order valence-electron chi connectivity index (χ4n) is 2.48. The SMILES string of the molecule is CC(C)Oc1ccc(NC(N)=NCc2cccc(C(=O)NC(C)(C)C)c2)cc1.I. The molecule has 0 saturated heterocycles. The number of rotatable bonds is 6. The molecule has 0 unspecified atom stereocenters. The molecule has 0 aromatic heterocycles. The van der Waals surface area contributed by atoms with Gasteiger partial charge in [-0.2, -0.15) is 0 Å². The van der Waals surface area contributed by atoms with E-state index in [2.05, 4.69) is 15.6 Å². The second-order valence-corrected chi connectivity index (χ2v) is 7.92. The van der Waals surface area contributed by atoms with Gasteiger partial charge in [-0.3, -0.25) is 4.79 Å². The van der Waals surface area contributed by atoms with E-state index < -0.39 is 0 Å². The standard InChI is InChI=1S/C22H30N4O2.HI/c1-15(2)28-19-11-9-18(10-12-19)25-21(23)24-14-16-7-6-8-17(13-16)20(27)26-22(3,4)5;/h6-13,15H,14H2,1-5H3,(H,26,27)(H3,23,24,25);1H. The zero-order chi connectivity index (χ0) is 20.7. The Morgan fingerprint density at radius 2 is 1.79 bits per heavy atom. The molecular weight excluding hydrogens is 479 g/mol. The van der Waals surface area contributed by atoms with Crippen LogP contribution >= 0.6 is 24.0 Å². The van der Waals surface area contributed by atoms with E-state index in [1.165, 1.54) is 0 Å². The van der Waals surface area contributed by atoms with Crippen molar-refractivity contribution in [3.8, 4) is 5.75 Å². The van der Waals surface area contributed by atoms with Gasteiger partial charge in [-0.25, -0.2) is 4.99 Å². The van der Waals surface area contributed by atoms with Gasteiger partial charge < -0.3 is 21.1 Å². The van der Waals surface area contributed by atoms with Gasteiger partial charge in [0.1, 0.15) is 5.75 Å². The van der Waals surface area contributed by atoms with Crippen LogP contribution in [-0.2, 0) is 6.54 Å². The number of nitrogens with one attached hydrogen (secondary N) is 2. The smallest absolute Gasteiger partial charge is 0.251 e. The number of carbonyl (C=O) groups excluding carboxylic acids is 1. The van der Waals surface area contributed by atoms with E-state index >= 15 is 0 Å². The molecule has 0 aliphatic rings. The van der Waals surface area contributed by atoms with Gasteiger partial charge >= 0.3 is 0 Å². The summed E-state index contributed by atoms with van der Waals surface area (Å²) >= 11 is 0. The molecule has 0 saturated carbocycles. The van der Waals surface area contributed by atoms with Gasteiger partial charge in [0.05, 0.1) is 12.6 Å². The Morgan fingerprint density at radius 3 is 2.38 bits per heavy atom. The molecule has 2 aromatic rings. The van der Waals surface area contributed by atoms with Crippen LogP contribution in [0.25, 0.3) is 0 Å². The van der Waals surface area contributed by atoms with Crippen molar-refractivity contribution < 1.29 is 9.53 Å². The molecule has 2 aromatic carbocycles. The summed E-state index contributed by atoms with van der Waals surface area (Å²) in [5.41, 5.74) is 8.04. The maximum atomic E-state index is 12.3. The molecular formula is C22H31IN4O2. The fourth-order valence-corrected chi connectivity index (χ4v) is 2.48. The molecule has 0 atom stereocenters. The number of guanidine groups is 1. The molecule has 4 N–H and O–H groups in total. The largest absolute Gasteiger partial charge is 0.491 e. The Hall–Kier alpha value is -2.29. The molecule has 0 spiro atoms. The summed E-state index contributed by atoms with van der Waals surface area (Å²) in [6, 6.07) is 14.9. The molecule has 158 valence electrons. The number of anilines is 1. The predicted octanol–water partition coefficient (Wildman–Crippen LogP) is 4.55. The third kappa shape index (κ3) is 9.17. The second kappa shape index (κ2) is 11.0. The number of nitrogens with two attached hydrogens (primary N) is 1. The molecule has 1 amide bonds. The number of benzene rings is 2. The van der Waals surface area contributed by atoms with Crippen molar-refractivity contribution >= 4 is 41.5 Å². The summed E-state index contributed by atoms with van der Waals surface area (Å²) in [4.78, 5) is 16.6. The van der Waals surface area contributed by atoms with Crippen LogP contribution in [0.3, 0.4) is 0 Å².